The van der Waals surface area contributed by atoms with E-state index in [4.69, 9.17) is 11.6 Å². The summed E-state index contributed by atoms with van der Waals surface area (Å²) in [6, 6.07) is 4.67. The highest BCUT2D eigenvalue weighted by atomic mass is 35.5. The maximum Gasteiger partial charge on any atom is 0.241 e. The van der Waals surface area contributed by atoms with E-state index in [1.807, 2.05) is 0 Å². The molecule has 2 N–H and O–H groups in total. The maximum absolute atomic E-state index is 12.1. The number of H-pyrrole nitrogens is 1. The van der Waals surface area contributed by atoms with Crippen molar-refractivity contribution in [2.24, 2.45) is 0 Å². The first-order valence-corrected chi connectivity index (χ1v) is 7.08. The largest absolute Gasteiger partial charge is 0.285 e. The van der Waals surface area contributed by atoms with Crippen molar-refractivity contribution in [2.45, 2.75) is 18.4 Å². The number of nitrogens with zero attached hydrogens (tertiary/aromatic N) is 1. The van der Waals surface area contributed by atoms with Gasteiger partial charge in [0.15, 0.2) is 0 Å². The van der Waals surface area contributed by atoms with E-state index in [1.165, 1.54) is 6.07 Å². The molecular weight excluding hydrogens is 274 g/mol. The Kier molecular flexibility index (Phi) is 3.70. The second-order valence-electron chi connectivity index (χ2n) is 3.84. The third-order valence-corrected chi connectivity index (χ3v) is 4.24. The van der Waals surface area contributed by atoms with E-state index in [2.05, 4.69) is 14.9 Å². The normalized spacial score (nSPS) is 11.7. The number of sulfonamides is 1. The lowest BCUT2D eigenvalue weighted by Gasteiger charge is -2.08. The Labute approximate surface area is 110 Å². The Hall–Kier alpha value is -1.37. The van der Waals surface area contributed by atoms with Gasteiger partial charge in [0.1, 0.15) is 0 Å². The Bertz CT molecular complexity index is 638. The first-order chi connectivity index (χ1) is 8.49. The van der Waals surface area contributed by atoms with Crippen LogP contribution in [0.3, 0.4) is 0 Å². The van der Waals surface area contributed by atoms with Crippen LogP contribution in [0.4, 0.5) is 0 Å². The van der Waals surface area contributed by atoms with Crippen LogP contribution in [0.15, 0.2) is 35.5 Å². The van der Waals surface area contributed by atoms with Gasteiger partial charge >= 0.3 is 0 Å². The van der Waals surface area contributed by atoms with Crippen LogP contribution in [0.1, 0.15) is 11.1 Å². The predicted molar refractivity (Wildman–Crippen MR) is 68.8 cm³/mol. The van der Waals surface area contributed by atoms with Gasteiger partial charge in [-0.15, -0.1) is 0 Å². The van der Waals surface area contributed by atoms with Crippen LogP contribution in [0.25, 0.3) is 0 Å². The molecule has 0 atom stereocenters. The van der Waals surface area contributed by atoms with Gasteiger partial charge in [-0.05, 0) is 30.7 Å². The van der Waals surface area contributed by atoms with Crippen molar-refractivity contribution in [1.29, 1.82) is 0 Å². The molecule has 0 spiro atoms. The molecule has 2 rings (SSSR count). The molecule has 7 heteroatoms. The van der Waals surface area contributed by atoms with Gasteiger partial charge in [-0.25, -0.2) is 13.1 Å². The maximum atomic E-state index is 12.1. The first-order valence-electron chi connectivity index (χ1n) is 5.22. The minimum Gasteiger partial charge on any atom is -0.285 e. The van der Waals surface area contributed by atoms with Crippen LogP contribution in [0.5, 0.6) is 0 Å². The van der Waals surface area contributed by atoms with Crippen LogP contribution in [-0.4, -0.2) is 18.6 Å². The van der Waals surface area contributed by atoms with Crippen molar-refractivity contribution in [3.8, 4) is 0 Å². The zero-order valence-electron chi connectivity index (χ0n) is 9.64. The highest BCUT2D eigenvalue weighted by Crippen LogP contribution is 2.19. The van der Waals surface area contributed by atoms with Gasteiger partial charge in [0.05, 0.1) is 11.1 Å². The summed E-state index contributed by atoms with van der Waals surface area (Å²) >= 11 is 5.80. The molecular formula is C11H12ClN3O2S. The molecule has 0 saturated carbocycles. The number of hydrogen-bond donors (Lipinski definition) is 2. The van der Waals surface area contributed by atoms with Crippen molar-refractivity contribution in [3.63, 3.8) is 0 Å². The molecule has 0 saturated heterocycles. The van der Waals surface area contributed by atoms with Gasteiger partial charge in [0, 0.05) is 23.3 Å². The average molecular weight is 286 g/mol. The van der Waals surface area contributed by atoms with E-state index in [-0.39, 0.29) is 11.4 Å². The lowest BCUT2D eigenvalue weighted by molar-refractivity contribution is 0.580. The number of aromatic nitrogens is 2. The van der Waals surface area contributed by atoms with Gasteiger partial charge in [0.2, 0.25) is 10.0 Å². The zero-order chi connectivity index (χ0) is 13.2. The molecule has 0 aliphatic rings. The summed E-state index contributed by atoms with van der Waals surface area (Å²) in [5, 5.41) is 6.88. The van der Waals surface area contributed by atoms with Crippen molar-refractivity contribution in [3.05, 3.63) is 46.7 Å². The highest BCUT2D eigenvalue weighted by Gasteiger charge is 2.16. The molecule has 2 aromatic rings. The Morgan fingerprint density at radius 3 is 2.83 bits per heavy atom. The summed E-state index contributed by atoms with van der Waals surface area (Å²) in [5.74, 6) is 0. The lowest BCUT2D eigenvalue weighted by Crippen LogP contribution is -2.23. The number of rotatable bonds is 4. The van der Waals surface area contributed by atoms with Gasteiger partial charge in [-0.2, -0.15) is 5.10 Å². The smallest absolute Gasteiger partial charge is 0.241 e. The molecule has 0 aliphatic carbocycles. The van der Waals surface area contributed by atoms with E-state index in [9.17, 15) is 8.42 Å². The third kappa shape index (κ3) is 2.90. The van der Waals surface area contributed by atoms with Crippen LogP contribution in [0, 0.1) is 6.92 Å². The van der Waals surface area contributed by atoms with E-state index < -0.39 is 10.0 Å². The molecule has 18 heavy (non-hydrogen) atoms. The van der Waals surface area contributed by atoms with E-state index in [0.717, 1.165) is 5.56 Å². The molecule has 5 nitrogen and oxygen atoms in total. The quantitative estimate of drug-likeness (QED) is 0.900. The molecule has 0 bridgehead atoms. The molecule has 0 amide bonds. The van der Waals surface area contributed by atoms with E-state index >= 15 is 0 Å². The molecule has 0 radical (unpaired) electrons. The monoisotopic (exact) mass is 285 g/mol. The second kappa shape index (κ2) is 5.09. The minimum atomic E-state index is -3.53. The highest BCUT2D eigenvalue weighted by molar-refractivity contribution is 7.89. The molecule has 1 aromatic carbocycles. The number of aromatic amines is 1. The number of hydrogen-bond acceptors (Lipinski definition) is 3. The SMILES string of the molecule is Cc1cc(Cl)ccc1S(=O)(=O)NCc1cn[nH]c1. The third-order valence-electron chi connectivity index (χ3n) is 2.45. The standard InChI is InChI=1S/C11H12ClN3O2S/c1-8-4-10(12)2-3-11(8)18(16,17)15-7-9-5-13-14-6-9/h2-6,15H,7H2,1H3,(H,13,14). The fourth-order valence-corrected chi connectivity index (χ4v) is 3.01. The lowest BCUT2D eigenvalue weighted by atomic mass is 10.2. The summed E-state index contributed by atoms with van der Waals surface area (Å²) < 4.78 is 26.7. The zero-order valence-corrected chi connectivity index (χ0v) is 11.2. The molecule has 1 aromatic heterocycles. The Morgan fingerprint density at radius 1 is 1.44 bits per heavy atom. The minimum absolute atomic E-state index is 0.195. The summed E-state index contributed by atoms with van der Waals surface area (Å²) in [5.41, 5.74) is 1.38. The summed E-state index contributed by atoms with van der Waals surface area (Å²) in [7, 11) is -3.53. The number of halogens is 1. The van der Waals surface area contributed by atoms with Crippen LogP contribution < -0.4 is 4.72 Å². The van der Waals surface area contributed by atoms with Gasteiger partial charge in [-0.1, -0.05) is 11.6 Å². The van der Waals surface area contributed by atoms with Crippen LogP contribution in [0.2, 0.25) is 5.02 Å². The topological polar surface area (TPSA) is 74.8 Å². The van der Waals surface area contributed by atoms with E-state index in [1.54, 1.807) is 31.5 Å². The number of aryl methyl sites for hydroxylation is 1. The molecule has 0 unspecified atom stereocenters. The fraction of sp³-hybridized carbons (Fsp3) is 0.182. The molecule has 0 aliphatic heterocycles. The predicted octanol–water partition coefficient (Wildman–Crippen LogP) is 1.85. The van der Waals surface area contributed by atoms with Crippen molar-refractivity contribution < 1.29 is 8.42 Å². The van der Waals surface area contributed by atoms with Gasteiger partial charge in [0.25, 0.3) is 0 Å². The Morgan fingerprint density at radius 2 is 2.22 bits per heavy atom. The molecule has 1 heterocycles. The van der Waals surface area contributed by atoms with Crippen molar-refractivity contribution in [2.75, 3.05) is 0 Å². The fourth-order valence-electron chi connectivity index (χ4n) is 1.54. The molecule has 0 fully saturated rings. The van der Waals surface area contributed by atoms with Crippen molar-refractivity contribution in [1.82, 2.24) is 14.9 Å². The number of nitrogens with one attached hydrogen (secondary N) is 2. The Balaban J connectivity index is 2.20. The van der Waals surface area contributed by atoms with Crippen molar-refractivity contribution >= 4 is 21.6 Å². The first kappa shape index (κ1) is 13.1. The van der Waals surface area contributed by atoms with Crippen LogP contribution in [-0.2, 0) is 16.6 Å². The summed E-state index contributed by atoms with van der Waals surface area (Å²) in [6.07, 6.45) is 3.20. The summed E-state index contributed by atoms with van der Waals surface area (Å²) in [4.78, 5) is 0.232. The summed E-state index contributed by atoms with van der Waals surface area (Å²) in [6.45, 7) is 1.90. The van der Waals surface area contributed by atoms with Crippen LogP contribution >= 0.6 is 11.6 Å². The second-order valence-corrected chi connectivity index (χ2v) is 6.01. The average Bonchev–Trinajstić information content (AvgIpc) is 2.78. The van der Waals surface area contributed by atoms with E-state index in [0.29, 0.717) is 10.6 Å². The van der Waals surface area contributed by atoms with Gasteiger partial charge < -0.3 is 0 Å². The molecule has 96 valence electrons. The number of benzene rings is 1. The van der Waals surface area contributed by atoms with Gasteiger partial charge in [-0.3, -0.25) is 5.10 Å².